The quantitative estimate of drug-likeness (QED) is 0.226. The number of anilines is 1. The number of carbonyl (C=O) groups excluding carboxylic acids is 1. The highest BCUT2D eigenvalue weighted by Gasteiger charge is 2.39. The highest BCUT2D eigenvalue weighted by atomic mass is 19.1. The molecule has 1 N–H and O–H groups in total. The first-order valence-electron chi connectivity index (χ1n) is 16.0. The molecule has 9 heteroatoms. The lowest BCUT2D eigenvalue weighted by molar-refractivity contribution is -0.161. The van der Waals surface area contributed by atoms with E-state index in [1.165, 1.54) is 17.7 Å². The number of alkyl halides is 1. The van der Waals surface area contributed by atoms with Gasteiger partial charge in [0.05, 0.1) is 19.3 Å². The van der Waals surface area contributed by atoms with Gasteiger partial charge in [0, 0.05) is 31.3 Å². The number of likely N-dealkylation sites (tertiary alicyclic amines) is 1. The summed E-state index contributed by atoms with van der Waals surface area (Å²) in [5.74, 6) is -0.0790. The van der Waals surface area contributed by atoms with Crippen molar-refractivity contribution in [3.05, 3.63) is 58.5 Å². The fourth-order valence-corrected chi connectivity index (χ4v) is 6.37. The fourth-order valence-electron chi connectivity index (χ4n) is 6.37. The maximum absolute atomic E-state index is 15.5. The van der Waals surface area contributed by atoms with Crippen molar-refractivity contribution in [3.8, 4) is 0 Å². The van der Waals surface area contributed by atoms with Gasteiger partial charge >= 0.3 is 5.97 Å². The number of halogens is 2. The molecule has 0 saturated carbocycles. The van der Waals surface area contributed by atoms with Crippen LogP contribution in [0.2, 0.25) is 0 Å². The molecule has 3 aliphatic rings. The van der Waals surface area contributed by atoms with Crippen LogP contribution in [-0.2, 0) is 38.5 Å². The van der Waals surface area contributed by atoms with Crippen LogP contribution in [0.3, 0.4) is 0 Å². The summed E-state index contributed by atoms with van der Waals surface area (Å²) in [7, 11) is 0. The highest BCUT2D eigenvalue weighted by Crippen LogP contribution is 2.35. The summed E-state index contributed by atoms with van der Waals surface area (Å²) in [6.07, 6.45) is 5.60. The molecule has 0 amide bonds. The van der Waals surface area contributed by atoms with E-state index in [0.717, 1.165) is 62.1 Å². The average Bonchev–Trinajstić information content (AvgIpc) is 3.67. The SMILES string of the molecule is CC(C)(C)OC(=O)C(c1cc(F)ccc1CO[C@H]1CCOC1)N1CCC(C(F)CCCCc2ccc3c(n2)NCCC3)C1. The minimum atomic E-state index is -0.972. The second-order valence-corrected chi connectivity index (χ2v) is 13.2. The molecule has 3 aliphatic heterocycles. The van der Waals surface area contributed by atoms with E-state index in [-0.39, 0.29) is 18.6 Å². The van der Waals surface area contributed by atoms with Gasteiger partial charge in [-0.05, 0) is 107 Å². The zero-order valence-corrected chi connectivity index (χ0v) is 25.9. The lowest BCUT2D eigenvalue weighted by Crippen LogP contribution is -2.38. The summed E-state index contributed by atoms with van der Waals surface area (Å²) in [4.78, 5) is 20.4. The molecule has 5 rings (SSSR count). The van der Waals surface area contributed by atoms with Crippen LogP contribution in [0, 0.1) is 11.7 Å². The summed E-state index contributed by atoms with van der Waals surface area (Å²) in [5.41, 5.74) is 2.86. The summed E-state index contributed by atoms with van der Waals surface area (Å²) in [5, 5.41) is 3.38. The Hall–Kier alpha value is -2.62. The normalized spacial score (nSPS) is 22.2. The Morgan fingerprint density at radius 1 is 1.21 bits per heavy atom. The molecule has 0 aliphatic carbocycles. The third kappa shape index (κ3) is 8.73. The molecule has 236 valence electrons. The first-order chi connectivity index (χ1) is 20.7. The van der Waals surface area contributed by atoms with Crippen molar-refractivity contribution in [1.82, 2.24) is 9.88 Å². The number of hydrogen-bond acceptors (Lipinski definition) is 7. The van der Waals surface area contributed by atoms with Crippen molar-refractivity contribution in [2.24, 2.45) is 5.92 Å². The van der Waals surface area contributed by atoms with E-state index in [1.54, 1.807) is 6.07 Å². The van der Waals surface area contributed by atoms with Crippen LogP contribution < -0.4 is 5.32 Å². The fraction of sp³-hybridized carbons (Fsp3) is 0.647. The van der Waals surface area contributed by atoms with Gasteiger partial charge in [-0.2, -0.15) is 0 Å². The summed E-state index contributed by atoms with van der Waals surface area (Å²) in [6, 6.07) is 7.89. The number of aryl methyl sites for hydroxylation is 2. The Balaban J connectivity index is 1.21. The molecule has 3 unspecified atom stereocenters. The minimum absolute atomic E-state index is 0.0268. The summed E-state index contributed by atoms with van der Waals surface area (Å²) < 4.78 is 47.5. The number of nitrogens with one attached hydrogen (secondary N) is 1. The molecule has 4 heterocycles. The van der Waals surface area contributed by atoms with Gasteiger partial charge in [-0.1, -0.05) is 18.6 Å². The second-order valence-electron chi connectivity index (χ2n) is 13.2. The van der Waals surface area contributed by atoms with Crippen molar-refractivity contribution >= 4 is 11.8 Å². The molecule has 0 bridgehead atoms. The van der Waals surface area contributed by atoms with Crippen molar-refractivity contribution in [2.75, 3.05) is 38.2 Å². The van der Waals surface area contributed by atoms with Gasteiger partial charge in [0.1, 0.15) is 29.4 Å². The van der Waals surface area contributed by atoms with Crippen LogP contribution in [0.15, 0.2) is 30.3 Å². The number of nitrogens with zero attached hydrogens (tertiary/aromatic N) is 2. The van der Waals surface area contributed by atoms with Gasteiger partial charge in [0.15, 0.2) is 0 Å². The number of aromatic nitrogens is 1. The second kappa shape index (κ2) is 14.4. The number of rotatable bonds is 12. The molecule has 1 aromatic carbocycles. The van der Waals surface area contributed by atoms with E-state index in [4.69, 9.17) is 19.2 Å². The Morgan fingerprint density at radius 3 is 2.86 bits per heavy atom. The monoisotopic (exact) mass is 599 g/mol. The number of ether oxygens (including phenoxy) is 3. The smallest absolute Gasteiger partial charge is 0.328 e. The van der Waals surface area contributed by atoms with Crippen molar-refractivity contribution in [2.45, 2.75) is 103 Å². The molecular weight excluding hydrogens is 552 g/mol. The topological polar surface area (TPSA) is 72.9 Å². The Labute approximate surface area is 254 Å². The van der Waals surface area contributed by atoms with Crippen LogP contribution in [0.5, 0.6) is 0 Å². The Bertz CT molecular complexity index is 1230. The molecule has 2 aromatic rings. The third-order valence-corrected chi connectivity index (χ3v) is 8.64. The number of esters is 1. The van der Waals surface area contributed by atoms with Crippen LogP contribution in [0.1, 0.15) is 87.7 Å². The molecule has 43 heavy (non-hydrogen) atoms. The highest BCUT2D eigenvalue weighted by molar-refractivity contribution is 5.78. The summed E-state index contributed by atoms with van der Waals surface area (Å²) in [6.45, 7) is 8.78. The van der Waals surface area contributed by atoms with Gasteiger partial charge in [-0.25, -0.2) is 18.6 Å². The summed E-state index contributed by atoms with van der Waals surface area (Å²) >= 11 is 0. The predicted molar refractivity (Wildman–Crippen MR) is 162 cm³/mol. The molecule has 2 fully saturated rings. The number of hydrogen-bond donors (Lipinski definition) is 1. The van der Waals surface area contributed by atoms with Crippen LogP contribution in [-0.4, -0.2) is 66.6 Å². The van der Waals surface area contributed by atoms with Crippen molar-refractivity contribution in [1.29, 1.82) is 0 Å². The van der Waals surface area contributed by atoms with E-state index in [9.17, 15) is 9.18 Å². The molecule has 0 radical (unpaired) electrons. The van der Waals surface area contributed by atoms with Crippen LogP contribution in [0.4, 0.5) is 14.6 Å². The molecule has 2 saturated heterocycles. The zero-order chi connectivity index (χ0) is 30.4. The van der Waals surface area contributed by atoms with E-state index in [0.29, 0.717) is 44.7 Å². The van der Waals surface area contributed by atoms with Gasteiger partial charge < -0.3 is 19.5 Å². The predicted octanol–water partition coefficient (Wildman–Crippen LogP) is 6.34. The number of fused-ring (bicyclic) bond motifs is 1. The average molecular weight is 600 g/mol. The molecule has 1 aromatic heterocycles. The number of benzene rings is 1. The molecule has 4 atom stereocenters. The van der Waals surface area contributed by atoms with Crippen molar-refractivity contribution in [3.63, 3.8) is 0 Å². The zero-order valence-electron chi connectivity index (χ0n) is 25.9. The largest absolute Gasteiger partial charge is 0.459 e. The van der Waals surface area contributed by atoms with Gasteiger partial charge in [0.2, 0.25) is 0 Å². The maximum atomic E-state index is 15.5. The molecular formula is C34H47F2N3O4. The Kier molecular flexibility index (Phi) is 10.7. The third-order valence-electron chi connectivity index (χ3n) is 8.64. The number of pyridine rings is 1. The lowest BCUT2D eigenvalue weighted by Gasteiger charge is -2.31. The first kappa shape index (κ1) is 31.8. The number of carbonyl (C=O) groups is 1. The standard InChI is InChI=1S/C34H47F2N3O4/c1-34(2,3)43-33(40)31(29-19-26(35)12-10-25(29)21-42-28-15-18-41-22-28)39-17-14-24(20-39)30(36)9-5-4-8-27-13-11-23-7-6-16-37-32(23)38-27/h10-13,19,24,28,30-31H,4-9,14-18,20-22H2,1-3H3,(H,37,38)/t24?,28-,30?,31?/m0/s1. The van der Waals surface area contributed by atoms with E-state index >= 15 is 4.39 Å². The van der Waals surface area contributed by atoms with Crippen molar-refractivity contribution < 1.29 is 27.8 Å². The van der Waals surface area contributed by atoms with E-state index in [1.807, 2.05) is 25.7 Å². The van der Waals surface area contributed by atoms with E-state index in [2.05, 4.69) is 17.4 Å². The maximum Gasteiger partial charge on any atom is 0.328 e. The Morgan fingerprint density at radius 2 is 2.07 bits per heavy atom. The minimum Gasteiger partial charge on any atom is -0.459 e. The number of unbranched alkanes of at least 4 members (excludes halogenated alkanes) is 1. The van der Waals surface area contributed by atoms with Gasteiger partial charge in [0.25, 0.3) is 0 Å². The van der Waals surface area contributed by atoms with Gasteiger partial charge in [-0.15, -0.1) is 0 Å². The van der Waals surface area contributed by atoms with Crippen LogP contribution in [0.25, 0.3) is 0 Å². The van der Waals surface area contributed by atoms with Crippen LogP contribution >= 0.6 is 0 Å². The first-order valence-corrected chi connectivity index (χ1v) is 16.0. The lowest BCUT2D eigenvalue weighted by atomic mass is 9.96. The molecule has 7 nitrogen and oxygen atoms in total. The molecule has 0 spiro atoms. The van der Waals surface area contributed by atoms with Gasteiger partial charge in [-0.3, -0.25) is 4.90 Å². The van der Waals surface area contributed by atoms with E-state index < -0.39 is 29.6 Å².